The van der Waals surface area contributed by atoms with Crippen molar-refractivity contribution >= 4 is 5.69 Å². The molecule has 1 fully saturated rings. The van der Waals surface area contributed by atoms with Gasteiger partial charge in [-0.25, -0.2) is 0 Å². The van der Waals surface area contributed by atoms with Gasteiger partial charge in [0.1, 0.15) is 0 Å². The highest BCUT2D eigenvalue weighted by Crippen LogP contribution is 2.15. The molecule has 1 N–H and O–H groups in total. The van der Waals surface area contributed by atoms with Crippen molar-refractivity contribution in [2.24, 2.45) is 0 Å². The van der Waals surface area contributed by atoms with Crippen LogP contribution in [0.15, 0.2) is 18.2 Å². The standard InChI is InChI=1S/C14H22N2O/c1-12-3-4-13(2)14(11-12)15-5-6-16-7-9-17-10-8-16/h3-4,11,15H,5-10H2,1-2H3. The van der Waals surface area contributed by atoms with Crippen LogP contribution < -0.4 is 5.32 Å². The average Bonchev–Trinajstić information content (AvgIpc) is 2.35. The van der Waals surface area contributed by atoms with Crippen LogP contribution in [0.5, 0.6) is 0 Å². The van der Waals surface area contributed by atoms with Crippen LogP contribution in [0.2, 0.25) is 0 Å². The van der Waals surface area contributed by atoms with E-state index >= 15 is 0 Å². The number of hydrogen-bond donors (Lipinski definition) is 1. The Balaban J connectivity index is 1.79. The van der Waals surface area contributed by atoms with E-state index < -0.39 is 0 Å². The molecule has 94 valence electrons. The average molecular weight is 234 g/mol. The molecule has 3 heteroatoms. The fraction of sp³-hybridized carbons (Fsp3) is 0.571. The molecular weight excluding hydrogens is 212 g/mol. The Morgan fingerprint density at radius 2 is 2.00 bits per heavy atom. The Labute approximate surface area is 104 Å². The van der Waals surface area contributed by atoms with Crippen LogP contribution in [-0.2, 0) is 4.74 Å². The second-order valence-corrected chi connectivity index (χ2v) is 4.70. The first-order valence-electron chi connectivity index (χ1n) is 6.37. The molecular formula is C14H22N2O. The molecule has 1 aromatic rings. The Kier molecular flexibility index (Phi) is 4.40. The van der Waals surface area contributed by atoms with Crippen LogP contribution in [0.25, 0.3) is 0 Å². The lowest BCUT2D eigenvalue weighted by Crippen LogP contribution is -2.39. The molecule has 0 bridgehead atoms. The molecule has 1 aliphatic heterocycles. The van der Waals surface area contributed by atoms with E-state index in [9.17, 15) is 0 Å². The van der Waals surface area contributed by atoms with Gasteiger partial charge in [-0.1, -0.05) is 12.1 Å². The van der Waals surface area contributed by atoms with Crippen LogP contribution in [0.3, 0.4) is 0 Å². The van der Waals surface area contributed by atoms with Gasteiger partial charge in [0, 0.05) is 31.9 Å². The normalized spacial score (nSPS) is 17.1. The number of rotatable bonds is 4. The van der Waals surface area contributed by atoms with E-state index in [0.717, 1.165) is 39.4 Å². The largest absolute Gasteiger partial charge is 0.384 e. The number of aryl methyl sites for hydroxylation is 2. The van der Waals surface area contributed by atoms with Gasteiger partial charge in [0.05, 0.1) is 13.2 Å². The number of benzene rings is 1. The Bertz CT molecular complexity index is 359. The molecule has 1 aliphatic rings. The second kappa shape index (κ2) is 6.03. The molecule has 0 saturated carbocycles. The van der Waals surface area contributed by atoms with Gasteiger partial charge in [-0.15, -0.1) is 0 Å². The highest BCUT2D eigenvalue weighted by molar-refractivity contribution is 5.52. The first kappa shape index (κ1) is 12.4. The highest BCUT2D eigenvalue weighted by atomic mass is 16.5. The van der Waals surface area contributed by atoms with Crippen molar-refractivity contribution in [1.29, 1.82) is 0 Å². The molecule has 0 atom stereocenters. The molecule has 0 amide bonds. The summed E-state index contributed by atoms with van der Waals surface area (Å²) in [6.45, 7) is 10.3. The third kappa shape index (κ3) is 3.72. The quantitative estimate of drug-likeness (QED) is 0.863. The van der Waals surface area contributed by atoms with Gasteiger partial charge < -0.3 is 10.1 Å². The maximum absolute atomic E-state index is 5.34. The van der Waals surface area contributed by atoms with Gasteiger partial charge in [-0.3, -0.25) is 4.90 Å². The van der Waals surface area contributed by atoms with Crippen LogP contribution in [-0.4, -0.2) is 44.3 Å². The summed E-state index contributed by atoms with van der Waals surface area (Å²) >= 11 is 0. The molecule has 0 unspecified atom stereocenters. The van der Waals surface area contributed by atoms with Gasteiger partial charge in [0.25, 0.3) is 0 Å². The number of nitrogens with zero attached hydrogens (tertiary/aromatic N) is 1. The summed E-state index contributed by atoms with van der Waals surface area (Å²) in [5.41, 5.74) is 3.89. The summed E-state index contributed by atoms with van der Waals surface area (Å²) in [6, 6.07) is 6.55. The Morgan fingerprint density at radius 3 is 2.76 bits per heavy atom. The minimum atomic E-state index is 0.878. The zero-order valence-corrected chi connectivity index (χ0v) is 10.8. The van der Waals surface area contributed by atoms with Crippen molar-refractivity contribution in [3.05, 3.63) is 29.3 Å². The lowest BCUT2D eigenvalue weighted by atomic mass is 10.1. The second-order valence-electron chi connectivity index (χ2n) is 4.70. The van der Waals surface area contributed by atoms with Crippen LogP contribution >= 0.6 is 0 Å². The molecule has 1 saturated heterocycles. The lowest BCUT2D eigenvalue weighted by Gasteiger charge is -2.26. The van der Waals surface area contributed by atoms with E-state index in [2.05, 4.69) is 42.3 Å². The zero-order valence-electron chi connectivity index (χ0n) is 10.8. The lowest BCUT2D eigenvalue weighted by molar-refractivity contribution is 0.0398. The Morgan fingerprint density at radius 1 is 1.24 bits per heavy atom. The van der Waals surface area contributed by atoms with Gasteiger partial charge >= 0.3 is 0 Å². The summed E-state index contributed by atoms with van der Waals surface area (Å²) in [7, 11) is 0. The third-order valence-corrected chi connectivity index (χ3v) is 3.24. The molecule has 1 aromatic carbocycles. The Hall–Kier alpha value is -1.06. The van der Waals surface area contributed by atoms with Crippen molar-refractivity contribution < 1.29 is 4.74 Å². The summed E-state index contributed by atoms with van der Waals surface area (Å²) in [5, 5.41) is 3.52. The predicted octanol–water partition coefficient (Wildman–Crippen LogP) is 2.05. The molecule has 1 heterocycles. The summed E-state index contributed by atoms with van der Waals surface area (Å²) in [5.74, 6) is 0. The van der Waals surface area contributed by atoms with E-state index in [1.165, 1.54) is 16.8 Å². The topological polar surface area (TPSA) is 24.5 Å². The van der Waals surface area contributed by atoms with E-state index in [0.29, 0.717) is 0 Å². The molecule has 0 radical (unpaired) electrons. The number of hydrogen-bond acceptors (Lipinski definition) is 3. The summed E-state index contributed by atoms with van der Waals surface area (Å²) in [6.07, 6.45) is 0. The number of anilines is 1. The summed E-state index contributed by atoms with van der Waals surface area (Å²) in [4.78, 5) is 2.45. The van der Waals surface area contributed by atoms with E-state index in [-0.39, 0.29) is 0 Å². The van der Waals surface area contributed by atoms with Crippen molar-refractivity contribution in [3.63, 3.8) is 0 Å². The fourth-order valence-electron chi connectivity index (χ4n) is 2.10. The van der Waals surface area contributed by atoms with Crippen LogP contribution in [0.4, 0.5) is 5.69 Å². The van der Waals surface area contributed by atoms with E-state index in [1.807, 2.05) is 0 Å². The molecule has 0 spiro atoms. The van der Waals surface area contributed by atoms with Crippen molar-refractivity contribution in [3.8, 4) is 0 Å². The molecule has 17 heavy (non-hydrogen) atoms. The van der Waals surface area contributed by atoms with Crippen LogP contribution in [0.1, 0.15) is 11.1 Å². The zero-order chi connectivity index (χ0) is 12.1. The minimum Gasteiger partial charge on any atom is -0.384 e. The number of morpholine rings is 1. The van der Waals surface area contributed by atoms with Gasteiger partial charge in [-0.05, 0) is 31.0 Å². The molecule has 0 aromatic heterocycles. The smallest absolute Gasteiger partial charge is 0.0594 e. The summed E-state index contributed by atoms with van der Waals surface area (Å²) < 4.78 is 5.34. The van der Waals surface area contributed by atoms with E-state index in [4.69, 9.17) is 4.74 Å². The molecule has 2 rings (SSSR count). The van der Waals surface area contributed by atoms with Gasteiger partial charge in [0.15, 0.2) is 0 Å². The first-order valence-corrected chi connectivity index (χ1v) is 6.37. The minimum absolute atomic E-state index is 0.878. The number of nitrogens with one attached hydrogen (secondary N) is 1. The van der Waals surface area contributed by atoms with Gasteiger partial charge in [0.2, 0.25) is 0 Å². The predicted molar refractivity (Wildman–Crippen MR) is 71.7 cm³/mol. The van der Waals surface area contributed by atoms with Gasteiger partial charge in [-0.2, -0.15) is 0 Å². The first-order chi connectivity index (χ1) is 8.25. The maximum Gasteiger partial charge on any atom is 0.0594 e. The number of ether oxygens (including phenoxy) is 1. The maximum atomic E-state index is 5.34. The SMILES string of the molecule is Cc1ccc(C)c(NCCN2CCOCC2)c1. The molecule has 0 aliphatic carbocycles. The monoisotopic (exact) mass is 234 g/mol. The third-order valence-electron chi connectivity index (χ3n) is 3.24. The van der Waals surface area contributed by atoms with E-state index in [1.54, 1.807) is 0 Å². The highest BCUT2D eigenvalue weighted by Gasteiger charge is 2.09. The van der Waals surface area contributed by atoms with Crippen LogP contribution in [0, 0.1) is 13.8 Å². The van der Waals surface area contributed by atoms with Crippen molar-refractivity contribution in [2.45, 2.75) is 13.8 Å². The van der Waals surface area contributed by atoms with Crippen molar-refractivity contribution in [2.75, 3.05) is 44.7 Å². The van der Waals surface area contributed by atoms with Crippen molar-refractivity contribution in [1.82, 2.24) is 4.90 Å². The molecule has 3 nitrogen and oxygen atoms in total. The fourth-order valence-corrected chi connectivity index (χ4v) is 2.10.